The summed E-state index contributed by atoms with van der Waals surface area (Å²) in [5, 5.41) is 2.96. The summed E-state index contributed by atoms with van der Waals surface area (Å²) in [5.41, 5.74) is 0.739. The first-order valence-electron chi connectivity index (χ1n) is 10.2. The van der Waals surface area contributed by atoms with Crippen molar-refractivity contribution in [2.75, 3.05) is 32.8 Å². The van der Waals surface area contributed by atoms with E-state index in [1.807, 2.05) is 20.8 Å². The number of hydrogen-bond donors (Lipinski definition) is 2. The number of aryl methyl sites for hydroxylation is 1. The molecule has 164 valence electrons. The molecule has 1 aromatic carbocycles. The van der Waals surface area contributed by atoms with Gasteiger partial charge in [-0.1, -0.05) is 31.5 Å². The molecule has 0 radical (unpaired) electrons. The standard InChI is InChI=1S/C21H35N3O4S/c1-16(2)14-19(23-29(26,27)18-8-6-17(3)7-9-18)20(25)22-15-21(4,5)24-10-12-28-13-11-24/h6-9,16,19,23H,10-15H2,1-5H3,(H,22,25)/t19-/m0/s1. The van der Waals surface area contributed by atoms with Crippen molar-refractivity contribution in [1.29, 1.82) is 0 Å². The third kappa shape index (κ3) is 7.06. The van der Waals surface area contributed by atoms with Crippen LogP contribution in [0.5, 0.6) is 0 Å². The van der Waals surface area contributed by atoms with Crippen LogP contribution in [0.25, 0.3) is 0 Å². The number of nitrogens with zero attached hydrogens (tertiary/aromatic N) is 1. The van der Waals surface area contributed by atoms with Crippen LogP contribution in [-0.2, 0) is 19.6 Å². The molecule has 1 saturated heterocycles. The molecule has 1 amide bonds. The number of carbonyl (C=O) groups excluding carboxylic acids is 1. The van der Waals surface area contributed by atoms with Crippen molar-refractivity contribution in [2.45, 2.75) is 57.5 Å². The fourth-order valence-corrected chi connectivity index (χ4v) is 4.57. The average Bonchev–Trinajstić information content (AvgIpc) is 2.66. The molecule has 2 rings (SSSR count). The Labute approximate surface area is 175 Å². The number of nitrogens with one attached hydrogen (secondary N) is 2. The van der Waals surface area contributed by atoms with Crippen molar-refractivity contribution in [2.24, 2.45) is 5.92 Å². The molecule has 29 heavy (non-hydrogen) atoms. The number of carbonyl (C=O) groups is 1. The maximum atomic E-state index is 12.9. The van der Waals surface area contributed by atoms with Gasteiger partial charge in [0.25, 0.3) is 0 Å². The number of amides is 1. The first-order valence-corrected chi connectivity index (χ1v) is 11.7. The second-order valence-electron chi connectivity index (χ2n) is 8.75. The molecule has 0 bridgehead atoms. The molecule has 1 aliphatic heterocycles. The van der Waals surface area contributed by atoms with E-state index in [-0.39, 0.29) is 22.3 Å². The lowest BCUT2D eigenvalue weighted by Crippen LogP contribution is -2.57. The van der Waals surface area contributed by atoms with Crippen LogP contribution in [0, 0.1) is 12.8 Å². The van der Waals surface area contributed by atoms with Gasteiger partial charge in [-0.25, -0.2) is 8.42 Å². The Morgan fingerprint density at radius 2 is 1.76 bits per heavy atom. The first-order chi connectivity index (χ1) is 13.5. The van der Waals surface area contributed by atoms with Gasteiger partial charge in [0.05, 0.1) is 18.1 Å². The minimum atomic E-state index is -3.78. The molecule has 1 aromatic rings. The summed E-state index contributed by atoms with van der Waals surface area (Å²) in [6.45, 7) is 13.4. The summed E-state index contributed by atoms with van der Waals surface area (Å²) >= 11 is 0. The first kappa shape index (κ1) is 23.8. The molecule has 7 nitrogen and oxygen atoms in total. The van der Waals surface area contributed by atoms with Crippen LogP contribution in [0.1, 0.15) is 39.7 Å². The third-order valence-corrected chi connectivity index (χ3v) is 6.70. The number of benzene rings is 1. The van der Waals surface area contributed by atoms with Crippen molar-refractivity contribution >= 4 is 15.9 Å². The van der Waals surface area contributed by atoms with Gasteiger partial charge in [0.15, 0.2) is 0 Å². The monoisotopic (exact) mass is 425 g/mol. The van der Waals surface area contributed by atoms with Crippen LogP contribution >= 0.6 is 0 Å². The number of rotatable bonds is 9. The molecule has 1 atom stereocenters. The van der Waals surface area contributed by atoms with Crippen molar-refractivity contribution in [3.8, 4) is 0 Å². The summed E-state index contributed by atoms with van der Waals surface area (Å²) in [6.07, 6.45) is 0.426. The van der Waals surface area contributed by atoms with Crippen LogP contribution < -0.4 is 10.0 Å². The predicted molar refractivity (Wildman–Crippen MR) is 114 cm³/mol. The van der Waals surface area contributed by atoms with E-state index in [1.165, 1.54) is 0 Å². The number of ether oxygens (including phenoxy) is 1. The zero-order chi connectivity index (χ0) is 21.7. The van der Waals surface area contributed by atoms with E-state index in [4.69, 9.17) is 4.74 Å². The molecule has 1 heterocycles. The van der Waals surface area contributed by atoms with Crippen molar-refractivity contribution in [3.05, 3.63) is 29.8 Å². The van der Waals surface area contributed by atoms with Gasteiger partial charge in [-0.3, -0.25) is 9.69 Å². The molecular weight excluding hydrogens is 390 g/mol. The summed E-state index contributed by atoms with van der Waals surface area (Å²) in [4.78, 5) is 15.3. The Morgan fingerprint density at radius 1 is 1.17 bits per heavy atom. The molecule has 0 saturated carbocycles. The number of sulfonamides is 1. The van der Waals surface area contributed by atoms with Gasteiger partial charge in [-0.15, -0.1) is 0 Å². The average molecular weight is 426 g/mol. The van der Waals surface area contributed by atoms with Gasteiger partial charge in [0.2, 0.25) is 15.9 Å². The zero-order valence-electron chi connectivity index (χ0n) is 18.2. The number of morpholine rings is 1. The Bertz CT molecular complexity index is 770. The van der Waals surface area contributed by atoms with Crippen molar-refractivity contribution in [1.82, 2.24) is 14.9 Å². The van der Waals surface area contributed by atoms with Crippen molar-refractivity contribution < 1.29 is 17.9 Å². The van der Waals surface area contributed by atoms with Crippen LogP contribution in [0.3, 0.4) is 0 Å². The fourth-order valence-electron chi connectivity index (χ4n) is 3.36. The van der Waals surface area contributed by atoms with E-state index in [9.17, 15) is 13.2 Å². The van der Waals surface area contributed by atoms with E-state index in [1.54, 1.807) is 24.3 Å². The summed E-state index contributed by atoms with van der Waals surface area (Å²) in [7, 11) is -3.78. The normalized spacial score (nSPS) is 17.3. The maximum absolute atomic E-state index is 12.9. The second-order valence-corrected chi connectivity index (χ2v) is 10.5. The highest BCUT2D eigenvalue weighted by Crippen LogP contribution is 2.16. The Hall–Kier alpha value is -1.48. The van der Waals surface area contributed by atoms with Crippen LogP contribution in [0.2, 0.25) is 0 Å². The number of hydrogen-bond acceptors (Lipinski definition) is 5. The Balaban J connectivity index is 2.06. The van der Waals surface area contributed by atoms with Gasteiger partial charge < -0.3 is 10.1 Å². The summed E-state index contributed by atoms with van der Waals surface area (Å²) < 4.78 is 33.6. The van der Waals surface area contributed by atoms with Crippen LogP contribution in [0.15, 0.2) is 29.2 Å². The van der Waals surface area contributed by atoms with E-state index in [2.05, 4.69) is 28.8 Å². The topological polar surface area (TPSA) is 87.7 Å². The largest absolute Gasteiger partial charge is 0.379 e. The minimum Gasteiger partial charge on any atom is -0.379 e. The highest BCUT2D eigenvalue weighted by molar-refractivity contribution is 7.89. The van der Waals surface area contributed by atoms with Crippen molar-refractivity contribution in [3.63, 3.8) is 0 Å². The fraction of sp³-hybridized carbons (Fsp3) is 0.667. The van der Waals surface area contributed by atoms with E-state index in [0.717, 1.165) is 18.7 Å². The predicted octanol–water partition coefficient (Wildman–Crippen LogP) is 1.92. The summed E-state index contributed by atoms with van der Waals surface area (Å²) in [5.74, 6) is -0.130. The van der Waals surface area contributed by atoms with Crippen LogP contribution in [0.4, 0.5) is 0 Å². The van der Waals surface area contributed by atoms with E-state index < -0.39 is 16.1 Å². The van der Waals surface area contributed by atoms with E-state index in [0.29, 0.717) is 26.2 Å². The highest BCUT2D eigenvalue weighted by atomic mass is 32.2. The van der Waals surface area contributed by atoms with Gasteiger partial charge in [0, 0.05) is 25.2 Å². The SMILES string of the molecule is Cc1ccc(S(=O)(=O)N[C@@H](CC(C)C)C(=O)NCC(C)(C)N2CCOCC2)cc1. The molecule has 1 aliphatic rings. The maximum Gasteiger partial charge on any atom is 0.241 e. The molecular formula is C21H35N3O4S. The molecule has 0 aliphatic carbocycles. The lowest BCUT2D eigenvalue weighted by atomic mass is 10.0. The second kappa shape index (κ2) is 10.0. The zero-order valence-corrected chi connectivity index (χ0v) is 19.0. The smallest absolute Gasteiger partial charge is 0.241 e. The molecule has 8 heteroatoms. The van der Waals surface area contributed by atoms with Gasteiger partial charge in [0.1, 0.15) is 6.04 Å². The third-order valence-electron chi connectivity index (χ3n) is 5.21. The highest BCUT2D eigenvalue weighted by Gasteiger charge is 2.31. The van der Waals surface area contributed by atoms with E-state index >= 15 is 0 Å². The molecule has 0 unspecified atom stereocenters. The quantitative estimate of drug-likeness (QED) is 0.631. The Kier molecular flexibility index (Phi) is 8.22. The van der Waals surface area contributed by atoms with Gasteiger partial charge in [-0.05, 0) is 45.2 Å². The van der Waals surface area contributed by atoms with Crippen LogP contribution in [-0.4, -0.2) is 63.7 Å². The van der Waals surface area contributed by atoms with Gasteiger partial charge >= 0.3 is 0 Å². The molecule has 0 aromatic heterocycles. The lowest BCUT2D eigenvalue weighted by molar-refractivity contribution is -0.123. The Morgan fingerprint density at radius 3 is 2.31 bits per heavy atom. The lowest BCUT2D eigenvalue weighted by Gasteiger charge is -2.41. The molecule has 1 fully saturated rings. The van der Waals surface area contributed by atoms with Gasteiger partial charge in [-0.2, -0.15) is 4.72 Å². The minimum absolute atomic E-state index is 0.165. The summed E-state index contributed by atoms with van der Waals surface area (Å²) in [6, 6.07) is 5.79. The molecule has 0 spiro atoms. The molecule has 2 N–H and O–H groups in total.